The molecule has 160 valence electrons. The largest absolute Gasteiger partial charge is 0.486 e. The van der Waals surface area contributed by atoms with Gasteiger partial charge in [0.1, 0.15) is 19.0 Å². The molecular weight excluding hydrogens is 432 g/mol. The summed E-state index contributed by atoms with van der Waals surface area (Å²) in [6.45, 7) is 1.68. The zero-order valence-electron chi connectivity index (χ0n) is 16.1. The number of sulfonamides is 1. The van der Waals surface area contributed by atoms with Crippen molar-refractivity contribution in [3.63, 3.8) is 0 Å². The third-order valence-corrected chi connectivity index (χ3v) is 6.98. The summed E-state index contributed by atoms with van der Waals surface area (Å²) < 4.78 is 43.1. The van der Waals surface area contributed by atoms with Gasteiger partial charge in [0, 0.05) is 24.8 Å². The third-order valence-electron chi connectivity index (χ3n) is 4.79. The molecule has 2 aliphatic heterocycles. The molecule has 1 saturated heterocycles. The lowest BCUT2D eigenvalue weighted by atomic mass is 10.2. The molecule has 8 nitrogen and oxygen atoms in total. The maximum Gasteiger partial charge on any atom is 0.262 e. The number of fused-ring (bicyclic) bond motifs is 1. The Kier molecular flexibility index (Phi) is 6.03. The maximum atomic E-state index is 12.6. The number of amides is 1. The maximum absolute atomic E-state index is 12.6. The van der Waals surface area contributed by atoms with Crippen molar-refractivity contribution < 1.29 is 27.4 Å². The molecule has 0 atom stereocenters. The number of rotatable bonds is 6. The molecule has 0 saturated carbocycles. The Morgan fingerprint density at radius 3 is 2.53 bits per heavy atom. The van der Waals surface area contributed by atoms with E-state index in [0.717, 1.165) is 12.8 Å². The van der Waals surface area contributed by atoms with E-state index in [1.165, 1.54) is 22.5 Å². The molecule has 0 radical (unpaired) electrons. The highest BCUT2D eigenvalue weighted by atomic mass is 35.5. The number of halogens is 1. The van der Waals surface area contributed by atoms with Gasteiger partial charge in [-0.2, -0.15) is 4.31 Å². The number of nitrogens with one attached hydrogen (secondary N) is 1. The van der Waals surface area contributed by atoms with Gasteiger partial charge < -0.3 is 19.5 Å². The second-order valence-electron chi connectivity index (χ2n) is 6.90. The van der Waals surface area contributed by atoms with E-state index in [4.69, 9.17) is 25.8 Å². The summed E-state index contributed by atoms with van der Waals surface area (Å²) in [5.41, 5.74) is 0.547. The highest BCUT2D eigenvalue weighted by Crippen LogP contribution is 2.33. The lowest BCUT2D eigenvalue weighted by Gasteiger charge is -2.19. The Balaban J connectivity index is 1.37. The number of carbonyl (C=O) groups excluding carboxylic acids is 1. The first-order chi connectivity index (χ1) is 14.4. The summed E-state index contributed by atoms with van der Waals surface area (Å²) in [5.74, 6) is 1.04. The summed E-state index contributed by atoms with van der Waals surface area (Å²) in [4.78, 5) is 12.3. The molecule has 10 heteroatoms. The van der Waals surface area contributed by atoms with Gasteiger partial charge in [-0.3, -0.25) is 4.79 Å². The van der Waals surface area contributed by atoms with E-state index < -0.39 is 15.9 Å². The molecule has 0 aromatic heterocycles. The Hall–Kier alpha value is -2.49. The number of hydrogen-bond donors (Lipinski definition) is 1. The summed E-state index contributed by atoms with van der Waals surface area (Å²) in [6.07, 6.45) is 1.71. The molecule has 2 heterocycles. The fraction of sp³-hybridized carbons (Fsp3) is 0.350. The van der Waals surface area contributed by atoms with Gasteiger partial charge in [0.05, 0.1) is 9.92 Å². The van der Waals surface area contributed by atoms with Crippen molar-refractivity contribution >= 4 is 33.2 Å². The molecular formula is C20H21ClN2O6S. The minimum absolute atomic E-state index is 0.113. The van der Waals surface area contributed by atoms with Crippen LogP contribution in [0.15, 0.2) is 41.3 Å². The van der Waals surface area contributed by atoms with Crippen molar-refractivity contribution in [2.75, 3.05) is 38.2 Å². The van der Waals surface area contributed by atoms with Crippen LogP contribution in [0.25, 0.3) is 0 Å². The van der Waals surface area contributed by atoms with Crippen LogP contribution < -0.4 is 19.5 Å². The first-order valence-electron chi connectivity index (χ1n) is 9.55. The molecule has 0 bridgehead atoms. The highest BCUT2D eigenvalue weighted by Gasteiger charge is 2.27. The normalized spacial score (nSPS) is 16.3. The Morgan fingerprint density at radius 2 is 1.80 bits per heavy atom. The predicted octanol–water partition coefficient (Wildman–Crippen LogP) is 2.91. The average molecular weight is 453 g/mol. The van der Waals surface area contributed by atoms with Crippen molar-refractivity contribution in [3.05, 3.63) is 41.4 Å². The van der Waals surface area contributed by atoms with Gasteiger partial charge in [-0.15, -0.1) is 0 Å². The van der Waals surface area contributed by atoms with Gasteiger partial charge in [0.15, 0.2) is 18.1 Å². The third kappa shape index (κ3) is 4.48. The van der Waals surface area contributed by atoms with Crippen LogP contribution in [-0.2, 0) is 14.8 Å². The topological polar surface area (TPSA) is 94.2 Å². The van der Waals surface area contributed by atoms with Crippen molar-refractivity contribution in [3.8, 4) is 17.2 Å². The monoisotopic (exact) mass is 452 g/mol. The van der Waals surface area contributed by atoms with Gasteiger partial charge in [-0.25, -0.2) is 8.42 Å². The van der Waals surface area contributed by atoms with E-state index in [1.54, 1.807) is 18.2 Å². The van der Waals surface area contributed by atoms with E-state index in [0.29, 0.717) is 43.5 Å². The highest BCUT2D eigenvalue weighted by molar-refractivity contribution is 7.89. The predicted molar refractivity (Wildman–Crippen MR) is 111 cm³/mol. The number of anilines is 1. The summed E-state index contributed by atoms with van der Waals surface area (Å²) >= 11 is 6.20. The van der Waals surface area contributed by atoms with Gasteiger partial charge in [0.2, 0.25) is 10.0 Å². The smallest absolute Gasteiger partial charge is 0.262 e. The first kappa shape index (κ1) is 20.8. The van der Waals surface area contributed by atoms with Gasteiger partial charge >= 0.3 is 0 Å². The van der Waals surface area contributed by atoms with Crippen LogP contribution in [0.3, 0.4) is 0 Å². The van der Waals surface area contributed by atoms with Crippen molar-refractivity contribution in [2.45, 2.75) is 17.7 Å². The molecule has 2 aromatic carbocycles. The zero-order chi connectivity index (χ0) is 21.1. The first-order valence-corrected chi connectivity index (χ1v) is 11.4. The molecule has 0 spiro atoms. The second kappa shape index (κ2) is 8.71. The molecule has 4 rings (SSSR count). The van der Waals surface area contributed by atoms with E-state index in [9.17, 15) is 13.2 Å². The number of benzene rings is 2. The van der Waals surface area contributed by atoms with Crippen LogP contribution in [0.4, 0.5) is 5.69 Å². The number of nitrogens with zero attached hydrogens (tertiary/aromatic N) is 1. The average Bonchev–Trinajstić information content (AvgIpc) is 3.28. The lowest BCUT2D eigenvalue weighted by molar-refractivity contribution is -0.118. The van der Waals surface area contributed by atoms with Crippen LogP contribution >= 0.6 is 11.6 Å². The lowest BCUT2D eigenvalue weighted by Crippen LogP contribution is -2.27. The summed E-state index contributed by atoms with van der Waals surface area (Å²) in [6, 6.07) is 9.36. The molecule has 2 aromatic rings. The molecule has 0 unspecified atom stereocenters. The quantitative estimate of drug-likeness (QED) is 0.724. The Morgan fingerprint density at radius 1 is 1.07 bits per heavy atom. The molecule has 0 aliphatic carbocycles. The molecule has 1 fully saturated rings. The van der Waals surface area contributed by atoms with E-state index >= 15 is 0 Å². The van der Waals surface area contributed by atoms with Gasteiger partial charge in [0.25, 0.3) is 5.91 Å². The molecule has 1 amide bonds. The van der Waals surface area contributed by atoms with E-state index in [-0.39, 0.29) is 22.3 Å². The number of hydrogen-bond acceptors (Lipinski definition) is 6. The van der Waals surface area contributed by atoms with Crippen LogP contribution in [-0.4, -0.2) is 51.5 Å². The summed E-state index contributed by atoms with van der Waals surface area (Å²) in [5, 5.41) is 2.84. The minimum atomic E-state index is -3.57. The molecule has 1 N–H and O–H groups in total. The molecule has 2 aliphatic rings. The fourth-order valence-corrected chi connectivity index (χ4v) is 5.14. The van der Waals surface area contributed by atoms with Crippen molar-refractivity contribution in [1.29, 1.82) is 0 Å². The Bertz CT molecular complexity index is 1050. The van der Waals surface area contributed by atoms with Crippen molar-refractivity contribution in [2.24, 2.45) is 0 Å². The number of carbonyl (C=O) groups is 1. The van der Waals surface area contributed by atoms with Crippen LogP contribution in [0, 0.1) is 0 Å². The van der Waals surface area contributed by atoms with Crippen molar-refractivity contribution in [1.82, 2.24) is 4.31 Å². The fourth-order valence-electron chi connectivity index (χ4n) is 3.30. The van der Waals surface area contributed by atoms with Crippen LogP contribution in [0.1, 0.15) is 12.8 Å². The summed E-state index contributed by atoms with van der Waals surface area (Å²) in [7, 11) is -3.57. The minimum Gasteiger partial charge on any atom is -0.486 e. The SMILES string of the molecule is O=C(COc1ccc(S(=O)(=O)N2CCCC2)cc1Cl)Nc1ccc2c(c1)OCCO2. The Labute approximate surface area is 179 Å². The van der Waals surface area contributed by atoms with Gasteiger partial charge in [-0.05, 0) is 43.2 Å². The zero-order valence-corrected chi connectivity index (χ0v) is 17.7. The second-order valence-corrected chi connectivity index (χ2v) is 9.24. The van der Waals surface area contributed by atoms with Crippen LogP contribution in [0.2, 0.25) is 5.02 Å². The van der Waals surface area contributed by atoms with Crippen LogP contribution in [0.5, 0.6) is 17.2 Å². The van der Waals surface area contributed by atoms with E-state index in [2.05, 4.69) is 5.32 Å². The van der Waals surface area contributed by atoms with Gasteiger partial charge in [-0.1, -0.05) is 11.6 Å². The standard InChI is InChI=1S/C20H21ClN2O6S/c21-16-12-15(30(25,26)23-7-1-2-8-23)4-6-17(16)29-13-20(24)22-14-3-5-18-19(11-14)28-10-9-27-18/h3-6,11-12H,1-2,7-10,13H2,(H,22,24). The molecule has 30 heavy (non-hydrogen) atoms. The number of ether oxygens (including phenoxy) is 3. The van der Waals surface area contributed by atoms with E-state index in [1.807, 2.05) is 0 Å².